The molecule has 0 spiro atoms. The molecule has 0 radical (unpaired) electrons. The van der Waals surface area contributed by atoms with Crippen LogP contribution in [0.3, 0.4) is 0 Å². The van der Waals surface area contributed by atoms with E-state index in [9.17, 15) is 9.59 Å². The zero-order chi connectivity index (χ0) is 19.7. The summed E-state index contributed by atoms with van der Waals surface area (Å²) >= 11 is 0. The van der Waals surface area contributed by atoms with E-state index in [-0.39, 0.29) is 18.3 Å². The average Bonchev–Trinajstić information content (AvgIpc) is 3.25. The lowest BCUT2D eigenvalue weighted by atomic mass is 10.1. The fraction of sp³-hybridized carbons (Fsp3) is 0.200. The molecule has 2 aromatic heterocycles. The van der Waals surface area contributed by atoms with Crippen LogP contribution in [-0.2, 0) is 13.1 Å². The van der Waals surface area contributed by atoms with Gasteiger partial charge in [0, 0.05) is 6.54 Å². The van der Waals surface area contributed by atoms with E-state index in [0.717, 1.165) is 16.7 Å². The summed E-state index contributed by atoms with van der Waals surface area (Å²) in [6.45, 7) is 4.30. The molecule has 0 aliphatic carbocycles. The third kappa shape index (κ3) is 3.57. The quantitative estimate of drug-likeness (QED) is 0.572. The zero-order valence-electron chi connectivity index (χ0n) is 15.4. The van der Waals surface area contributed by atoms with Crippen molar-refractivity contribution in [1.29, 1.82) is 0 Å². The maximum Gasteiger partial charge on any atom is 0.420 e. The minimum atomic E-state index is -0.518. The third-order valence-corrected chi connectivity index (χ3v) is 4.32. The van der Waals surface area contributed by atoms with E-state index in [1.54, 1.807) is 6.07 Å². The summed E-state index contributed by atoms with van der Waals surface area (Å²) in [4.78, 5) is 28.5. The second-order valence-corrected chi connectivity index (χ2v) is 6.61. The maximum absolute atomic E-state index is 12.2. The highest BCUT2D eigenvalue weighted by molar-refractivity contribution is 5.89. The van der Waals surface area contributed by atoms with E-state index in [2.05, 4.69) is 15.5 Å². The smallest absolute Gasteiger partial charge is 0.408 e. The summed E-state index contributed by atoms with van der Waals surface area (Å²) < 4.78 is 11.7. The van der Waals surface area contributed by atoms with Crippen LogP contribution in [-0.4, -0.2) is 20.6 Å². The van der Waals surface area contributed by atoms with Gasteiger partial charge in [-0.15, -0.1) is 0 Å². The SMILES string of the molecule is Cc1cccc(CNC(=O)c2nc(Cn3c(=O)oc4ccc(C)cc43)no2)c1. The first-order valence-electron chi connectivity index (χ1n) is 8.76. The number of benzene rings is 2. The standard InChI is InChI=1S/C20H18N4O4/c1-12-4-3-5-14(8-12)10-21-18(25)19-22-17(23-28-19)11-24-15-9-13(2)6-7-16(15)27-20(24)26/h3-9H,10-11H2,1-2H3,(H,21,25). The van der Waals surface area contributed by atoms with Gasteiger partial charge < -0.3 is 14.3 Å². The second kappa shape index (κ2) is 7.15. The molecule has 142 valence electrons. The molecule has 4 aromatic rings. The number of nitrogens with one attached hydrogen (secondary N) is 1. The van der Waals surface area contributed by atoms with Crippen LogP contribution >= 0.6 is 0 Å². The molecule has 2 aromatic carbocycles. The highest BCUT2D eigenvalue weighted by Gasteiger charge is 2.17. The Balaban J connectivity index is 1.49. The number of aryl methyl sites for hydroxylation is 2. The number of amides is 1. The van der Waals surface area contributed by atoms with Crippen molar-refractivity contribution in [3.63, 3.8) is 0 Å². The molecule has 28 heavy (non-hydrogen) atoms. The van der Waals surface area contributed by atoms with Gasteiger partial charge in [-0.3, -0.25) is 9.36 Å². The number of rotatable bonds is 5. The molecule has 0 saturated heterocycles. The van der Waals surface area contributed by atoms with Crippen molar-refractivity contribution < 1.29 is 13.7 Å². The van der Waals surface area contributed by atoms with Gasteiger partial charge in [0.05, 0.1) is 12.1 Å². The van der Waals surface area contributed by atoms with Crippen molar-refractivity contribution in [1.82, 2.24) is 20.0 Å². The summed E-state index contributed by atoms with van der Waals surface area (Å²) in [5.41, 5.74) is 4.20. The Kier molecular flexibility index (Phi) is 4.52. The van der Waals surface area contributed by atoms with Crippen molar-refractivity contribution in [2.75, 3.05) is 0 Å². The molecule has 0 saturated carbocycles. The van der Waals surface area contributed by atoms with Gasteiger partial charge in [0.25, 0.3) is 0 Å². The van der Waals surface area contributed by atoms with Crippen LogP contribution in [0.2, 0.25) is 0 Å². The minimum Gasteiger partial charge on any atom is -0.408 e. The van der Waals surface area contributed by atoms with Crippen molar-refractivity contribution in [3.05, 3.63) is 81.4 Å². The first-order valence-corrected chi connectivity index (χ1v) is 8.76. The Morgan fingerprint density at radius 3 is 2.79 bits per heavy atom. The lowest BCUT2D eigenvalue weighted by molar-refractivity contribution is 0.0907. The number of nitrogens with zero attached hydrogens (tertiary/aromatic N) is 3. The van der Waals surface area contributed by atoms with Gasteiger partial charge in [0.1, 0.15) is 0 Å². The molecule has 1 amide bonds. The molecule has 0 aliphatic heterocycles. The lowest BCUT2D eigenvalue weighted by Gasteiger charge is -2.03. The topological polar surface area (TPSA) is 103 Å². The summed E-state index contributed by atoms with van der Waals surface area (Å²) in [6.07, 6.45) is 0. The molecule has 4 rings (SSSR count). The summed E-state index contributed by atoms with van der Waals surface area (Å²) in [5, 5.41) is 6.54. The molecule has 0 atom stereocenters. The van der Waals surface area contributed by atoms with Gasteiger partial charge in [-0.25, -0.2) is 4.79 Å². The molecule has 0 unspecified atom stereocenters. The van der Waals surface area contributed by atoms with Gasteiger partial charge in [-0.05, 0) is 37.1 Å². The monoisotopic (exact) mass is 378 g/mol. The predicted octanol–water partition coefficient (Wildman–Crippen LogP) is 2.57. The lowest BCUT2D eigenvalue weighted by Crippen LogP contribution is -2.23. The number of aromatic nitrogens is 3. The van der Waals surface area contributed by atoms with Crippen molar-refractivity contribution in [3.8, 4) is 0 Å². The fourth-order valence-corrected chi connectivity index (χ4v) is 2.95. The summed E-state index contributed by atoms with van der Waals surface area (Å²) in [6, 6.07) is 13.3. The summed E-state index contributed by atoms with van der Waals surface area (Å²) in [7, 11) is 0. The van der Waals surface area contributed by atoms with Crippen LogP contribution in [0.15, 0.2) is 56.2 Å². The largest absolute Gasteiger partial charge is 0.420 e. The Labute approximate surface area is 159 Å². The van der Waals surface area contributed by atoms with Crippen LogP contribution < -0.4 is 11.1 Å². The third-order valence-electron chi connectivity index (χ3n) is 4.32. The van der Waals surface area contributed by atoms with Crippen LogP contribution in [0.25, 0.3) is 11.1 Å². The molecular formula is C20H18N4O4. The Bertz CT molecular complexity index is 1220. The highest BCUT2D eigenvalue weighted by atomic mass is 16.5. The van der Waals surface area contributed by atoms with Crippen LogP contribution in [0.1, 0.15) is 33.2 Å². The van der Waals surface area contributed by atoms with Crippen LogP contribution in [0.5, 0.6) is 0 Å². The fourth-order valence-electron chi connectivity index (χ4n) is 2.95. The van der Waals surface area contributed by atoms with Gasteiger partial charge in [0.15, 0.2) is 11.4 Å². The molecule has 0 aliphatic rings. The maximum atomic E-state index is 12.2. The number of hydrogen-bond donors (Lipinski definition) is 1. The Morgan fingerprint density at radius 1 is 1.14 bits per heavy atom. The van der Waals surface area contributed by atoms with Crippen molar-refractivity contribution in [2.45, 2.75) is 26.9 Å². The highest BCUT2D eigenvalue weighted by Crippen LogP contribution is 2.15. The van der Waals surface area contributed by atoms with E-state index < -0.39 is 11.7 Å². The number of hydrogen-bond acceptors (Lipinski definition) is 6. The molecule has 8 nitrogen and oxygen atoms in total. The molecule has 1 N–H and O–H groups in total. The number of carbonyl (C=O) groups is 1. The van der Waals surface area contributed by atoms with Gasteiger partial charge in [0.2, 0.25) is 0 Å². The van der Waals surface area contributed by atoms with E-state index in [0.29, 0.717) is 17.6 Å². The van der Waals surface area contributed by atoms with Crippen LogP contribution in [0.4, 0.5) is 0 Å². The second-order valence-electron chi connectivity index (χ2n) is 6.61. The van der Waals surface area contributed by atoms with Gasteiger partial charge in [-0.2, -0.15) is 4.98 Å². The summed E-state index contributed by atoms with van der Waals surface area (Å²) in [5.74, 6) is -0.928. The van der Waals surface area contributed by atoms with Crippen molar-refractivity contribution in [2.24, 2.45) is 0 Å². The number of oxazole rings is 1. The molecule has 0 bridgehead atoms. The Hall–Kier alpha value is -3.68. The van der Waals surface area contributed by atoms with E-state index in [1.807, 2.05) is 50.2 Å². The predicted molar refractivity (Wildman–Crippen MR) is 101 cm³/mol. The van der Waals surface area contributed by atoms with Crippen LogP contribution in [0, 0.1) is 13.8 Å². The first-order chi connectivity index (χ1) is 13.5. The molecule has 0 fully saturated rings. The van der Waals surface area contributed by atoms with Gasteiger partial charge >= 0.3 is 17.6 Å². The molecule has 8 heteroatoms. The van der Waals surface area contributed by atoms with E-state index >= 15 is 0 Å². The first kappa shape index (κ1) is 17.7. The molecular weight excluding hydrogens is 360 g/mol. The van der Waals surface area contributed by atoms with E-state index in [1.165, 1.54) is 4.57 Å². The Morgan fingerprint density at radius 2 is 1.96 bits per heavy atom. The average molecular weight is 378 g/mol. The molecule has 2 heterocycles. The van der Waals surface area contributed by atoms with Crippen molar-refractivity contribution >= 4 is 17.0 Å². The minimum absolute atomic E-state index is 0.0456. The van der Waals surface area contributed by atoms with E-state index in [4.69, 9.17) is 8.94 Å². The number of carbonyl (C=O) groups excluding carboxylic acids is 1. The van der Waals surface area contributed by atoms with Gasteiger partial charge in [-0.1, -0.05) is 41.1 Å². The number of fused-ring (bicyclic) bond motifs is 1. The zero-order valence-corrected chi connectivity index (χ0v) is 15.4. The normalized spacial score (nSPS) is 11.1.